The summed E-state index contributed by atoms with van der Waals surface area (Å²) in [6, 6.07) is 10.5. The molecule has 0 saturated heterocycles. The van der Waals surface area contributed by atoms with Crippen molar-refractivity contribution in [1.82, 2.24) is 14.5 Å². The van der Waals surface area contributed by atoms with Crippen LogP contribution in [0.1, 0.15) is 67.8 Å². The summed E-state index contributed by atoms with van der Waals surface area (Å²) < 4.78 is 1.79. The molecule has 2 aliphatic rings. The fraction of sp³-hybridized carbons (Fsp3) is 0.522. The van der Waals surface area contributed by atoms with Crippen LogP contribution in [-0.4, -0.2) is 38.1 Å². The van der Waals surface area contributed by atoms with Crippen molar-refractivity contribution < 1.29 is 9.90 Å². The van der Waals surface area contributed by atoms with Crippen molar-refractivity contribution in [3.63, 3.8) is 0 Å². The minimum atomic E-state index is -0.704. The number of hydrogen-bond acceptors (Lipinski definition) is 4. The first-order valence-electron chi connectivity index (χ1n) is 10.6. The normalized spacial score (nSPS) is 18.7. The molecule has 1 N–H and O–H groups in total. The van der Waals surface area contributed by atoms with Crippen molar-refractivity contribution in [3.8, 4) is 5.75 Å². The lowest BCUT2D eigenvalue weighted by Gasteiger charge is -2.39. The van der Waals surface area contributed by atoms with E-state index in [0.29, 0.717) is 25.3 Å². The number of fused-ring (bicyclic) bond motifs is 1. The van der Waals surface area contributed by atoms with Gasteiger partial charge >= 0.3 is 5.56 Å². The van der Waals surface area contributed by atoms with Crippen LogP contribution in [0.2, 0.25) is 0 Å². The van der Waals surface area contributed by atoms with Gasteiger partial charge in [0.2, 0.25) is 5.75 Å². The van der Waals surface area contributed by atoms with Crippen molar-refractivity contribution >= 4 is 5.91 Å². The van der Waals surface area contributed by atoms with E-state index >= 15 is 0 Å². The highest BCUT2D eigenvalue weighted by molar-refractivity contribution is 5.95. The Kier molecular flexibility index (Phi) is 5.19. The van der Waals surface area contributed by atoms with Crippen molar-refractivity contribution in [1.29, 1.82) is 0 Å². The maximum Gasteiger partial charge on any atom is 0.315 e. The van der Waals surface area contributed by atoms with Gasteiger partial charge in [-0.15, -0.1) is 0 Å². The molecule has 0 radical (unpaired) electrons. The lowest BCUT2D eigenvalue weighted by Crippen LogP contribution is -2.47. The number of benzene rings is 1. The van der Waals surface area contributed by atoms with Crippen LogP contribution in [0.25, 0.3) is 0 Å². The highest BCUT2D eigenvalue weighted by Gasteiger charge is 2.38. The minimum Gasteiger partial charge on any atom is -0.501 e. The number of hydrogen-bond donors (Lipinski definition) is 1. The molecule has 0 spiro atoms. The van der Waals surface area contributed by atoms with Crippen LogP contribution in [-0.2, 0) is 18.4 Å². The zero-order valence-corrected chi connectivity index (χ0v) is 17.2. The molecule has 1 aliphatic heterocycles. The lowest BCUT2D eigenvalue weighted by molar-refractivity contribution is 0.0636. The molecule has 6 heteroatoms. The third-order valence-corrected chi connectivity index (χ3v) is 6.58. The van der Waals surface area contributed by atoms with Gasteiger partial charge in [0.05, 0.1) is 0 Å². The summed E-state index contributed by atoms with van der Waals surface area (Å²) in [5.41, 5.74) is 0.570. The fourth-order valence-corrected chi connectivity index (χ4v) is 5.01. The summed E-state index contributed by atoms with van der Waals surface area (Å²) >= 11 is 0. The standard InChI is InChI=1S/C23H29N3O3/c1-16(2)25-13-14-26-18(24-21(28)20(27)19(26)22(25)29)15-23(11-7-4-8-12-23)17-9-5-3-6-10-17/h3,5-6,9-10,16,27H,4,7-8,11-15H2,1-2H3. The van der Waals surface area contributed by atoms with E-state index in [-0.39, 0.29) is 23.1 Å². The molecule has 154 valence electrons. The van der Waals surface area contributed by atoms with Crippen LogP contribution >= 0.6 is 0 Å². The van der Waals surface area contributed by atoms with Crippen LogP contribution in [0.15, 0.2) is 35.1 Å². The van der Waals surface area contributed by atoms with E-state index in [1.807, 2.05) is 19.9 Å². The van der Waals surface area contributed by atoms with Gasteiger partial charge in [-0.05, 0) is 32.3 Å². The van der Waals surface area contributed by atoms with Crippen molar-refractivity contribution in [2.75, 3.05) is 6.54 Å². The summed E-state index contributed by atoms with van der Waals surface area (Å²) in [4.78, 5) is 31.4. The van der Waals surface area contributed by atoms with E-state index in [2.05, 4.69) is 29.2 Å². The number of aromatic hydroxyl groups is 1. The van der Waals surface area contributed by atoms with Crippen LogP contribution in [0.3, 0.4) is 0 Å². The van der Waals surface area contributed by atoms with Crippen molar-refractivity contribution in [3.05, 3.63) is 57.8 Å². The highest BCUT2D eigenvalue weighted by Crippen LogP contribution is 2.42. The van der Waals surface area contributed by atoms with E-state index in [0.717, 1.165) is 25.7 Å². The molecular formula is C23H29N3O3. The zero-order valence-electron chi connectivity index (χ0n) is 17.2. The van der Waals surface area contributed by atoms with E-state index in [1.165, 1.54) is 12.0 Å². The van der Waals surface area contributed by atoms with Gasteiger partial charge in [0, 0.05) is 31.0 Å². The quantitative estimate of drug-likeness (QED) is 0.862. The third-order valence-electron chi connectivity index (χ3n) is 6.58. The topological polar surface area (TPSA) is 75.4 Å². The molecule has 2 aromatic rings. The maximum atomic E-state index is 13.0. The van der Waals surface area contributed by atoms with Crippen LogP contribution in [0.5, 0.6) is 5.75 Å². The van der Waals surface area contributed by atoms with Gasteiger partial charge in [-0.3, -0.25) is 9.59 Å². The number of carbonyl (C=O) groups is 1. The second-order valence-corrected chi connectivity index (χ2v) is 8.66. The van der Waals surface area contributed by atoms with Crippen molar-refractivity contribution in [2.24, 2.45) is 0 Å². The molecule has 2 heterocycles. The molecule has 6 nitrogen and oxygen atoms in total. The van der Waals surface area contributed by atoms with Gasteiger partial charge in [-0.25, -0.2) is 0 Å². The van der Waals surface area contributed by atoms with E-state index < -0.39 is 11.3 Å². The number of rotatable bonds is 4. The Morgan fingerprint density at radius 2 is 1.76 bits per heavy atom. The molecule has 1 aliphatic carbocycles. The van der Waals surface area contributed by atoms with E-state index in [4.69, 9.17) is 0 Å². The summed E-state index contributed by atoms with van der Waals surface area (Å²) in [7, 11) is 0. The molecule has 1 fully saturated rings. The average Bonchev–Trinajstić information content (AvgIpc) is 2.73. The number of aromatic nitrogens is 2. The predicted molar refractivity (Wildman–Crippen MR) is 111 cm³/mol. The second kappa shape index (κ2) is 7.65. The first kappa shape index (κ1) is 19.7. The Morgan fingerprint density at radius 1 is 1.07 bits per heavy atom. The van der Waals surface area contributed by atoms with Gasteiger partial charge < -0.3 is 14.6 Å². The second-order valence-electron chi connectivity index (χ2n) is 8.66. The van der Waals surface area contributed by atoms with Crippen LogP contribution in [0.4, 0.5) is 0 Å². The Morgan fingerprint density at radius 3 is 2.41 bits per heavy atom. The van der Waals surface area contributed by atoms with Gasteiger partial charge in [0.1, 0.15) is 5.82 Å². The SMILES string of the molecule is CC(C)N1CCn2c(CC3(c4ccccc4)CCCCC3)nc(=O)c(O)c2C1=O. The van der Waals surface area contributed by atoms with Crippen LogP contribution < -0.4 is 5.56 Å². The monoisotopic (exact) mass is 395 g/mol. The van der Waals surface area contributed by atoms with Gasteiger partial charge in [-0.1, -0.05) is 49.6 Å². The number of amides is 1. The lowest BCUT2D eigenvalue weighted by atomic mass is 9.67. The summed E-state index contributed by atoms with van der Waals surface area (Å²) in [6.07, 6.45) is 6.19. The molecule has 4 rings (SSSR count). The molecule has 1 aromatic heterocycles. The first-order valence-corrected chi connectivity index (χ1v) is 10.6. The molecule has 1 amide bonds. The van der Waals surface area contributed by atoms with Crippen molar-refractivity contribution in [2.45, 2.75) is 70.4 Å². The first-order chi connectivity index (χ1) is 13.9. The maximum absolute atomic E-state index is 13.0. The zero-order chi connectivity index (χ0) is 20.6. The summed E-state index contributed by atoms with van der Waals surface area (Å²) in [6.45, 7) is 4.98. The van der Waals surface area contributed by atoms with Gasteiger partial charge in [-0.2, -0.15) is 4.98 Å². The van der Waals surface area contributed by atoms with Gasteiger partial charge in [0.25, 0.3) is 5.91 Å². The Labute approximate surface area is 171 Å². The third kappa shape index (κ3) is 3.45. The Balaban J connectivity index is 1.81. The molecule has 1 aromatic carbocycles. The van der Waals surface area contributed by atoms with E-state index in [1.54, 1.807) is 9.47 Å². The molecule has 1 saturated carbocycles. The summed E-state index contributed by atoms with van der Waals surface area (Å²) in [5, 5.41) is 10.4. The minimum absolute atomic E-state index is 0.0105. The molecular weight excluding hydrogens is 366 g/mol. The highest BCUT2D eigenvalue weighted by atomic mass is 16.3. The molecule has 0 atom stereocenters. The average molecular weight is 396 g/mol. The van der Waals surface area contributed by atoms with Gasteiger partial charge in [0.15, 0.2) is 5.69 Å². The molecule has 0 unspecified atom stereocenters. The largest absolute Gasteiger partial charge is 0.501 e. The smallest absolute Gasteiger partial charge is 0.315 e. The molecule has 29 heavy (non-hydrogen) atoms. The predicted octanol–water partition coefficient (Wildman–Crippen LogP) is 3.26. The summed E-state index contributed by atoms with van der Waals surface area (Å²) in [5.74, 6) is -0.200. The van der Waals surface area contributed by atoms with Crippen LogP contribution in [0, 0.1) is 0 Å². The Bertz CT molecular complexity index is 959. The number of nitrogens with zero attached hydrogens (tertiary/aromatic N) is 3. The number of carbonyl (C=O) groups excluding carboxylic acids is 1. The Hall–Kier alpha value is -2.63. The fourth-order valence-electron chi connectivity index (χ4n) is 5.01. The van der Waals surface area contributed by atoms with E-state index in [9.17, 15) is 14.7 Å². The molecule has 0 bridgehead atoms.